The van der Waals surface area contributed by atoms with Gasteiger partial charge in [-0.1, -0.05) is 200 Å². The molecule has 0 spiro atoms. The molecule has 0 aromatic carbocycles. The molecule has 3 nitrogen and oxygen atoms in total. The molecule has 0 heterocycles. The highest BCUT2D eigenvalue weighted by atomic mass is 32.2. The van der Waals surface area contributed by atoms with Gasteiger partial charge >= 0.3 is 0 Å². The van der Waals surface area contributed by atoms with Crippen LogP contribution in [0.15, 0.2) is 0 Å². The fourth-order valence-corrected chi connectivity index (χ4v) is 6.97. The first kappa shape index (κ1) is 41.2. The van der Waals surface area contributed by atoms with Crippen LogP contribution in [-0.4, -0.2) is 45.6 Å². The molecular weight excluding hydrogens is 522 g/mol. The Balaban J connectivity index is 3.92. The summed E-state index contributed by atoms with van der Waals surface area (Å²) >= 11 is 1.85. The van der Waals surface area contributed by atoms with Crippen molar-refractivity contribution in [1.29, 1.82) is 0 Å². The first-order valence-electron chi connectivity index (χ1n) is 18.9. The van der Waals surface area contributed by atoms with Crippen LogP contribution in [0.3, 0.4) is 0 Å². The van der Waals surface area contributed by atoms with Gasteiger partial charge in [0.2, 0.25) is 0 Å². The van der Waals surface area contributed by atoms with Crippen molar-refractivity contribution in [3.63, 3.8) is 0 Å². The van der Waals surface area contributed by atoms with E-state index in [2.05, 4.69) is 25.1 Å². The van der Waals surface area contributed by atoms with Crippen LogP contribution in [0.25, 0.3) is 0 Å². The molecule has 0 aromatic heterocycles. The molecule has 4 heteroatoms. The first-order valence-corrected chi connectivity index (χ1v) is 19.8. The van der Waals surface area contributed by atoms with E-state index < -0.39 is 0 Å². The lowest BCUT2D eigenvalue weighted by Gasteiger charge is -2.26. The predicted octanol–water partition coefficient (Wildman–Crippen LogP) is 12.0. The number of rotatable bonds is 35. The van der Waals surface area contributed by atoms with E-state index in [0.717, 1.165) is 31.4 Å². The summed E-state index contributed by atoms with van der Waals surface area (Å²) in [5, 5.41) is 21.5. The minimum atomic E-state index is -0.268. The molecule has 41 heavy (non-hydrogen) atoms. The van der Waals surface area contributed by atoms with Gasteiger partial charge in [0.1, 0.15) is 0 Å². The van der Waals surface area contributed by atoms with Crippen LogP contribution in [0, 0.1) is 0 Å². The number of hydrogen-bond donors (Lipinski definition) is 2. The van der Waals surface area contributed by atoms with E-state index in [0.29, 0.717) is 13.1 Å². The Kier molecular flexibility index (Phi) is 34.9. The highest BCUT2D eigenvalue weighted by Crippen LogP contribution is 2.19. The third kappa shape index (κ3) is 33.0. The van der Waals surface area contributed by atoms with Crippen LogP contribution < -0.4 is 0 Å². The lowest BCUT2D eigenvalue weighted by atomic mass is 10.0. The second-order valence-electron chi connectivity index (χ2n) is 13.1. The lowest BCUT2D eigenvalue weighted by molar-refractivity contribution is 0.101. The summed E-state index contributed by atoms with van der Waals surface area (Å²) in [6.07, 6.45) is 37.5. The molecule has 0 aromatic rings. The van der Waals surface area contributed by atoms with Gasteiger partial charge in [-0.2, -0.15) is 0 Å². The van der Waals surface area contributed by atoms with E-state index in [1.165, 1.54) is 161 Å². The Morgan fingerprint density at radius 3 is 0.976 bits per heavy atom. The van der Waals surface area contributed by atoms with Crippen molar-refractivity contribution in [2.24, 2.45) is 0 Å². The van der Waals surface area contributed by atoms with Gasteiger partial charge < -0.3 is 10.2 Å². The van der Waals surface area contributed by atoms with Gasteiger partial charge in [0.25, 0.3) is 0 Å². The smallest absolute Gasteiger partial charge is 0.0676 e. The maximum Gasteiger partial charge on any atom is 0.0676 e. The number of unbranched alkanes of at least 4 members (excludes halogenated alkanes) is 24. The third-order valence-electron chi connectivity index (χ3n) is 8.63. The Labute approximate surface area is 263 Å². The molecule has 2 unspecified atom stereocenters. The minimum absolute atomic E-state index is 0.268. The maximum atomic E-state index is 10.7. The topological polar surface area (TPSA) is 43.7 Å². The fourth-order valence-electron chi connectivity index (χ4n) is 5.82. The van der Waals surface area contributed by atoms with E-state index in [9.17, 15) is 10.2 Å². The van der Waals surface area contributed by atoms with Gasteiger partial charge in [-0.25, -0.2) is 4.31 Å². The molecule has 0 rings (SSSR count). The molecule has 2 atom stereocenters. The number of aliphatic hydroxyl groups excluding tert-OH is 2. The molecule has 0 radical (unpaired) electrons. The van der Waals surface area contributed by atoms with Gasteiger partial charge in [0, 0.05) is 18.8 Å². The first-order chi connectivity index (χ1) is 20.1. The molecule has 0 amide bonds. The van der Waals surface area contributed by atoms with E-state index >= 15 is 0 Å². The van der Waals surface area contributed by atoms with Crippen LogP contribution in [0.4, 0.5) is 0 Å². The second kappa shape index (κ2) is 34.7. The standard InChI is InChI=1S/C37H77NO2S/c1-4-7-10-12-14-16-18-20-22-24-26-28-31-36(39)34-38(41-33-30-9-6-3)35-37(40)32-29-27-25-23-21-19-17-15-13-11-8-5-2/h36-37,39-40H,4-35H2,1-3H3. The van der Waals surface area contributed by atoms with Crippen molar-refractivity contribution in [3.05, 3.63) is 0 Å². The summed E-state index contributed by atoms with van der Waals surface area (Å²) in [6, 6.07) is 0. The van der Waals surface area contributed by atoms with Crippen LogP contribution in [0.5, 0.6) is 0 Å². The van der Waals surface area contributed by atoms with Gasteiger partial charge in [0.15, 0.2) is 0 Å². The predicted molar refractivity (Wildman–Crippen MR) is 187 cm³/mol. The summed E-state index contributed by atoms with van der Waals surface area (Å²) in [6.45, 7) is 8.22. The molecular formula is C37H77NO2S. The zero-order valence-corrected chi connectivity index (χ0v) is 29.3. The van der Waals surface area contributed by atoms with Gasteiger partial charge in [0.05, 0.1) is 12.2 Å². The molecule has 0 saturated carbocycles. The van der Waals surface area contributed by atoms with Gasteiger partial charge in [-0.3, -0.25) is 0 Å². The number of nitrogens with zero attached hydrogens (tertiary/aromatic N) is 1. The molecule has 248 valence electrons. The van der Waals surface area contributed by atoms with E-state index in [1.807, 2.05) is 11.9 Å². The molecule has 0 aliphatic rings. The van der Waals surface area contributed by atoms with Crippen LogP contribution in [0.2, 0.25) is 0 Å². The van der Waals surface area contributed by atoms with Gasteiger partial charge in [-0.05, 0) is 19.3 Å². The van der Waals surface area contributed by atoms with Crippen molar-refractivity contribution in [1.82, 2.24) is 4.31 Å². The van der Waals surface area contributed by atoms with Crippen molar-refractivity contribution in [2.75, 3.05) is 18.8 Å². The summed E-state index contributed by atoms with van der Waals surface area (Å²) in [5.74, 6) is 1.10. The van der Waals surface area contributed by atoms with Crippen molar-refractivity contribution >= 4 is 11.9 Å². The average molecular weight is 600 g/mol. The Morgan fingerprint density at radius 1 is 0.390 bits per heavy atom. The summed E-state index contributed by atoms with van der Waals surface area (Å²) in [5.41, 5.74) is 0. The summed E-state index contributed by atoms with van der Waals surface area (Å²) in [7, 11) is 0. The zero-order chi connectivity index (χ0) is 30.1. The van der Waals surface area contributed by atoms with Crippen molar-refractivity contribution < 1.29 is 10.2 Å². The molecule has 2 N–H and O–H groups in total. The quantitative estimate of drug-likeness (QED) is 0.0561. The number of aliphatic hydroxyl groups is 2. The van der Waals surface area contributed by atoms with Crippen LogP contribution in [-0.2, 0) is 0 Å². The zero-order valence-electron chi connectivity index (χ0n) is 28.5. The minimum Gasteiger partial charge on any atom is -0.392 e. The molecule has 0 fully saturated rings. The van der Waals surface area contributed by atoms with E-state index in [1.54, 1.807) is 0 Å². The fraction of sp³-hybridized carbons (Fsp3) is 1.00. The van der Waals surface area contributed by atoms with Crippen molar-refractivity contribution in [3.8, 4) is 0 Å². The average Bonchev–Trinajstić information content (AvgIpc) is 2.96. The van der Waals surface area contributed by atoms with Crippen LogP contribution >= 0.6 is 11.9 Å². The SMILES string of the molecule is CCCCCCCCCCCCCCC(O)CN(CC(O)CCCCCCCCCCCCCC)SCCCCC. The van der Waals surface area contributed by atoms with E-state index in [-0.39, 0.29) is 12.2 Å². The largest absolute Gasteiger partial charge is 0.392 e. The lowest BCUT2D eigenvalue weighted by Crippen LogP contribution is -2.34. The summed E-state index contributed by atoms with van der Waals surface area (Å²) < 4.78 is 2.28. The molecule has 0 aliphatic heterocycles. The summed E-state index contributed by atoms with van der Waals surface area (Å²) in [4.78, 5) is 0. The number of hydrogen-bond acceptors (Lipinski definition) is 4. The molecule has 0 aliphatic carbocycles. The third-order valence-corrected chi connectivity index (χ3v) is 9.77. The van der Waals surface area contributed by atoms with Crippen LogP contribution in [0.1, 0.15) is 207 Å². The highest BCUT2D eigenvalue weighted by Gasteiger charge is 2.16. The Hall–Kier alpha value is 0.230. The normalized spacial score (nSPS) is 13.3. The second-order valence-corrected chi connectivity index (χ2v) is 14.2. The van der Waals surface area contributed by atoms with Gasteiger partial charge in [-0.15, -0.1) is 0 Å². The Bertz CT molecular complexity index is 442. The monoisotopic (exact) mass is 600 g/mol. The van der Waals surface area contributed by atoms with Crippen molar-refractivity contribution in [2.45, 2.75) is 219 Å². The molecule has 0 saturated heterocycles. The Morgan fingerprint density at radius 2 is 0.659 bits per heavy atom. The maximum absolute atomic E-state index is 10.7. The molecule has 0 bridgehead atoms. The van der Waals surface area contributed by atoms with E-state index in [4.69, 9.17) is 0 Å². The highest BCUT2D eigenvalue weighted by molar-refractivity contribution is 7.97.